The third-order valence-electron chi connectivity index (χ3n) is 2.03. The molecule has 1 unspecified atom stereocenters. The standard InChI is InChI=1S/C11H13ClN2O/c1-8(15)7-14(2)11-4-3-9(6-13)5-10(11)12/h3-5,8,15H,7H2,1-2H3. The Bertz CT molecular complexity index is 385. The summed E-state index contributed by atoms with van der Waals surface area (Å²) in [6.07, 6.45) is -0.415. The van der Waals surface area contributed by atoms with Crippen LogP contribution in [-0.4, -0.2) is 24.8 Å². The van der Waals surface area contributed by atoms with E-state index >= 15 is 0 Å². The molecule has 0 fully saturated rings. The first-order chi connectivity index (χ1) is 7.04. The largest absolute Gasteiger partial charge is 0.392 e. The highest BCUT2D eigenvalue weighted by atomic mass is 35.5. The van der Waals surface area contributed by atoms with Gasteiger partial charge in [0.15, 0.2) is 0 Å². The molecule has 15 heavy (non-hydrogen) atoms. The van der Waals surface area contributed by atoms with Crippen LogP contribution < -0.4 is 4.90 Å². The van der Waals surface area contributed by atoms with Crippen LogP contribution in [0.2, 0.25) is 5.02 Å². The van der Waals surface area contributed by atoms with Crippen molar-refractivity contribution in [3.05, 3.63) is 28.8 Å². The normalized spacial score (nSPS) is 11.9. The minimum Gasteiger partial charge on any atom is -0.392 e. The number of anilines is 1. The van der Waals surface area contributed by atoms with Gasteiger partial charge in [-0.2, -0.15) is 5.26 Å². The predicted octanol–water partition coefficient (Wildman–Crippen LogP) is 2.03. The minimum absolute atomic E-state index is 0.415. The summed E-state index contributed by atoms with van der Waals surface area (Å²) in [5, 5.41) is 18.4. The van der Waals surface area contributed by atoms with E-state index in [9.17, 15) is 5.11 Å². The molecule has 1 aromatic rings. The van der Waals surface area contributed by atoms with E-state index in [0.717, 1.165) is 5.69 Å². The number of hydrogen-bond acceptors (Lipinski definition) is 3. The molecule has 0 spiro atoms. The summed E-state index contributed by atoms with van der Waals surface area (Å²) in [6, 6.07) is 7.13. The van der Waals surface area contributed by atoms with Crippen LogP contribution in [0.15, 0.2) is 18.2 Å². The number of hydrogen-bond donors (Lipinski definition) is 1. The number of rotatable bonds is 3. The second-order valence-corrected chi connectivity index (χ2v) is 3.91. The van der Waals surface area contributed by atoms with Gasteiger partial charge in [0.2, 0.25) is 0 Å². The van der Waals surface area contributed by atoms with Crippen LogP contribution >= 0.6 is 11.6 Å². The van der Waals surface area contributed by atoms with Crippen LogP contribution in [0.1, 0.15) is 12.5 Å². The monoisotopic (exact) mass is 224 g/mol. The fourth-order valence-corrected chi connectivity index (χ4v) is 1.71. The van der Waals surface area contributed by atoms with E-state index in [1.54, 1.807) is 25.1 Å². The summed E-state index contributed by atoms with van der Waals surface area (Å²) in [4.78, 5) is 1.86. The Morgan fingerprint density at radius 2 is 2.27 bits per heavy atom. The topological polar surface area (TPSA) is 47.3 Å². The molecule has 0 aliphatic carbocycles. The highest BCUT2D eigenvalue weighted by Gasteiger charge is 2.08. The summed E-state index contributed by atoms with van der Waals surface area (Å²) in [5.41, 5.74) is 1.35. The van der Waals surface area contributed by atoms with Gasteiger partial charge in [0.25, 0.3) is 0 Å². The smallest absolute Gasteiger partial charge is 0.0992 e. The zero-order valence-corrected chi connectivity index (χ0v) is 9.49. The Kier molecular flexibility index (Phi) is 3.96. The van der Waals surface area contributed by atoms with Gasteiger partial charge in [-0.3, -0.25) is 0 Å². The molecule has 1 aromatic carbocycles. The predicted molar refractivity (Wildman–Crippen MR) is 61.1 cm³/mol. The van der Waals surface area contributed by atoms with Crippen molar-refractivity contribution in [3.8, 4) is 6.07 Å². The Labute approximate surface area is 94.5 Å². The van der Waals surface area contributed by atoms with Gasteiger partial charge in [0.05, 0.1) is 28.4 Å². The molecule has 0 aromatic heterocycles. The van der Waals surface area contributed by atoms with Crippen LogP contribution in [0.5, 0.6) is 0 Å². The van der Waals surface area contributed by atoms with Gasteiger partial charge < -0.3 is 10.0 Å². The van der Waals surface area contributed by atoms with Crippen LogP contribution in [0, 0.1) is 11.3 Å². The SMILES string of the molecule is CC(O)CN(C)c1ccc(C#N)cc1Cl. The van der Waals surface area contributed by atoms with Crippen LogP contribution in [0.25, 0.3) is 0 Å². The van der Waals surface area contributed by atoms with Crippen molar-refractivity contribution in [2.75, 3.05) is 18.5 Å². The fourth-order valence-electron chi connectivity index (χ4n) is 1.38. The molecule has 1 rings (SSSR count). The first-order valence-electron chi connectivity index (χ1n) is 4.63. The zero-order chi connectivity index (χ0) is 11.4. The van der Waals surface area contributed by atoms with Crippen molar-refractivity contribution in [1.29, 1.82) is 5.26 Å². The number of aliphatic hydroxyl groups is 1. The van der Waals surface area contributed by atoms with E-state index in [0.29, 0.717) is 17.1 Å². The fraction of sp³-hybridized carbons (Fsp3) is 0.364. The third kappa shape index (κ3) is 3.12. The van der Waals surface area contributed by atoms with E-state index in [-0.39, 0.29) is 0 Å². The maximum atomic E-state index is 9.24. The van der Waals surface area contributed by atoms with E-state index in [2.05, 4.69) is 0 Å². The lowest BCUT2D eigenvalue weighted by molar-refractivity contribution is 0.201. The molecule has 0 saturated heterocycles. The highest BCUT2D eigenvalue weighted by molar-refractivity contribution is 6.33. The van der Waals surface area contributed by atoms with Crippen molar-refractivity contribution in [3.63, 3.8) is 0 Å². The van der Waals surface area contributed by atoms with Crippen molar-refractivity contribution in [1.82, 2.24) is 0 Å². The molecule has 0 heterocycles. The van der Waals surface area contributed by atoms with Crippen molar-refractivity contribution < 1.29 is 5.11 Å². The van der Waals surface area contributed by atoms with Crippen LogP contribution in [0.3, 0.4) is 0 Å². The highest BCUT2D eigenvalue weighted by Crippen LogP contribution is 2.25. The van der Waals surface area contributed by atoms with E-state index in [1.165, 1.54) is 0 Å². The average Bonchev–Trinajstić information content (AvgIpc) is 2.16. The number of benzene rings is 1. The average molecular weight is 225 g/mol. The molecule has 4 heteroatoms. The molecule has 0 radical (unpaired) electrons. The zero-order valence-electron chi connectivity index (χ0n) is 8.74. The molecule has 0 bridgehead atoms. The first kappa shape index (κ1) is 11.8. The maximum absolute atomic E-state index is 9.24. The molecule has 80 valence electrons. The van der Waals surface area contributed by atoms with Gasteiger partial charge in [-0.15, -0.1) is 0 Å². The quantitative estimate of drug-likeness (QED) is 0.855. The lowest BCUT2D eigenvalue weighted by Gasteiger charge is -2.21. The summed E-state index contributed by atoms with van der Waals surface area (Å²) in [7, 11) is 1.85. The number of halogens is 1. The van der Waals surface area contributed by atoms with Crippen LogP contribution in [0.4, 0.5) is 5.69 Å². The Balaban J connectivity index is 2.91. The molecular weight excluding hydrogens is 212 g/mol. The molecule has 0 amide bonds. The van der Waals surface area contributed by atoms with E-state index < -0.39 is 6.10 Å². The lowest BCUT2D eigenvalue weighted by atomic mass is 10.2. The minimum atomic E-state index is -0.415. The molecule has 3 nitrogen and oxygen atoms in total. The Morgan fingerprint density at radius 1 is 1.60 bits per heavy atom. The third-order valence-corrected chi connectivity index (χ3v) is 2.33. The van der Waals surface area contributed by atoms with Crippen LogP contribution in [-0.2, 0) is 0 Å². The number of nitrogens with zero attached hydrogens (tertiary/aromatic N) is 2. The molecule has 0 aliphatic heterocycles. The van der Waals surface area contributed by atoms with Gasteiger partial charge in [-0.25, -0.2) is 0 Å². The molecule has 1 N–H and O–H groups in total. The van der Waals surface area contributed by atoms with Crippen molar-refractivity contribution >= 4 is 17.3 Å². The van der Waals surface area contributed by atoms with Crippen molar-refractivity contribution in [2.45, 2.75) is 13.0 Å². The van der Waals surface area contributed by atoms with Crippen molar-refractivity contribution in [2.24, 2.45) is 0 Å². The van der Waals surface area contributed by atoms with Gasteiger partial charge in [0.1, 0.15) is 0 Å². The Hall–Kier alpha value is -1.24. The molecule has 1 atom stereocenters. The molecule has 0 saturated carbocycles. The lowest BCUT2D eigenvalue weighted by Crippen LogP contribution is -2.27. The molecular formula is C11H13ClN2O. The number of aliphatic hydroxyl groups excluding tert-OH is 1. The Morgan fingerprint density at radius 3 is 2.73 bits per heavy atom. The van der Waals surface area contributed by atoms with Gasteiger partial charge in [-0.1, -0.05) is 11.6 Å². The summed E-state index contributed by atoms with van der Waals surface area (Å²) in [5.74, 6) is 0. The number of likely N-dealkylation sites (N-methyl/N-ethyl adjacent to an activating group) is 1. The molecule has 0 aliphatic rings. The van der Waals surface area contributed by atoms with Gasteiger partial charge in [0, 0.05) is 13.6 Å². The second-order valence-electron chi connectivity index (χ2n) is 3.51. The van der Waals surface area contributed by atoms with Gasteiger partial charge >= 0.3 is 0 Å². The number of nitriles is 1. The van der Waals surface area contributed by atoms with E-state index in [4.69, 9.17) is 16.9 Å². The maximum Gasteiger partial charge on any atom is 0.0992 e. The summed E-state index contributed by atoms with van der Waals surface area (Å²) < 4.78 is 0. The van der Waals surface area contributed by atoms with E-state index in [1.807, 2.05) is 18.0 Å². The summed E-state index contributed by atoms with van der Waals surface area (Å²) >= 11 is 6.01. The summed E-state index contributed by atoms with van der Waals surface area (Å²) in [6.45, 7) is 2.22. The first-order valence-corrected chi connectivity index (χ1v) is 5.01. The van der Waals surface area contributed by atoms with Gasteiger partial charge in [-0.05, 0) is 25.1 Å². The second kappa shape index (κ2) is 5.01.